The normalized spacial score (nSPS) is 11.6. The molecule has 2 heteroatoms. The van der Waals surface area contributed by atoms with Crippen LogP contribution in [0.3, 0.4) is 0 Å². The van der Waals surface area contributed by atoms with E-state index in [1.807, 2.05) is 0 Å². The lowest BCUT2D eigenvalue weighted by Crippen LogP contribution is -1.94. The summed E-state index contributed by atoms with van der Waals surface area (Å²) in [6.07, 6.45) is 0. The molecule has 0 saturated heterocycles. The van der Waals surface area contributed by atoms with Gasteiger partial charge in [0, 0.05) is 32.9 Å². The highest BCUT2D eigenvalue weighted by atomic mass is 15.0. The molecule has 2 nitrogen and oxygen atoms in total. The third kappa shape index (κ3) is 5.26. The zero-order valence-corrected chi connectivity index (χ0v) is 30.7. The van der Waals surface area contributed by atoms with Crippen molar-refractivity contribution in [3.8, 4) is 55.9 Å². The lowest BCUT2D eigenvalue weighted by Gasteiger charge is -2.11. The van der Waals surface area contributed by atoms with E-state index in [1.54, 1.807) is 0 Å². The maximum Gasteiger partial charge on any atom is 0.0547 e. The minimum absolute atomic E-state index is 1.14. The Balaban J connectivity index is 1.13. The molecule has 0 atom stereocenters. The summed E-state index contributed by atoms with van der Waals surface area (Å²) in [5, 5.41) is 4.99. The van der Waals surface area contributed by atoms with Gasteiger partial charge in [0.25, 0.3) is 0 Å². The van der Waals surface area contributed by atoms with Crippen LogP contribution in [0.2, 0.25) is 0 Å². The van der Waals surface area contributed by atoms with Crippen molar-refractivity contribution in [1.82, 2.24) is 9.13 Å². The molecule has 2 heterocycles. The summed E-state index contributed by atoms with van der Waals surface area (Å²) in [5.41, 5.74) is 16.8. The SMILES string of the molecule is c1ccc(-c2ccc(-n3c4ccc(-c5ccc6c(c5)c5ccccc5n6-c5ccccc5)cc4c4c(-c5cccc(-c6ccccc6)c5)cccc43)cc2)cc1. The van der Waals surface area contributed by atoms with Crippen LogP contribution in [0.1, 0.15) is 0 Å². The molecule has 0 aliphatic heterocycles. The number of hydrogen-bond acceptors (Lipinski definition) is 0. The minimum atomic E-state index is 1.14. The van der Waals surface area contributed by atoms with Gasteiger partial charge < -0.3 is 9.13 Å². The van der Waals surface area contributed by atoms with Gasteiger partial charge in [0.05, 0.1) is 22.1 Å². The largest absolute Gasteiger partial charge is 0.309 e. The Kier molecular flexibility index (Phi) is 7.53. The Morgan fingerprint density at radius 3 is 1.41 bits per heavy atom. The van der Waals surface area contributed by atoms with E-state index in [4.69, 9.17) is 0 Å². The van der Waals surface area contributed by atoms with Crippen LogP contribution in [0, 0.1) is 0 Å². The monoisotopic (exact) mass is 712 g/mol. The van der Waals surface area contributed by atoms with Crippen LogP contribution in [0.5, 0.6) is 0 Å². The molecule has 0 unspecified atom stereocenters. The molecule has 0 aliphatic carbocycles. The fourth-order valence-electron chi connectivity index (χ4n) is 8.71. The van der Waals surface area contributed by atoms with Gasteiger partial charge in [-0.2, -0.15) is 0 Å². The number of rotatable bonds is 6. The molecule has 0 amide bonds. The second kappa shape index (κ2) is 13.2. The van der Waals surface area contributed by atoms with Crippen LogP contribution in [-0.2, 0) is 0 Å². The van der Waals surface area contributed by atoms with Crippen molar-refractivity contribution in [1.29, 1.82) is 0 Å². The standard InChI is InChI=1S/C54H36N2/c1-4-14-37(15-5-1)39-26-30-45(31-27-39)56-52-33-29-42(41-28-32-51-48(35-41)47-22-10-11-24-50(47)55(51)44-20-8-3-9-21-44)36-49(52)54-46(23-13-25-53(54)56)43-19-12-18-40(34-43)38-16-6-2-7-17-38/h1-36H. The first kappa shape index (κ1) is 32.0. The van der Waals surface area contributed by atoms with Gasteiger partial charge >= 0.3 is 0 Å². The van der Waals surface area contributed by atoms with Gasteiger partial charge in [0.15, 0.2) is 0 Å². The third-order valence-electron chi connectivity index (χ3n) is 11.3. The van der Waals surface area contributed by atoms with Crippen LogP contribution in [0.15, 0.2) is 218 Å². The van der Waals surface area contributed by atoms with Gasteiger partial charge in [-0.25, -0.2) is 0 Å². The second-order valence-electron chi connectivity index (χ2n) is 14.5. The lowest BCUT2D eigenvalue weighted by molar-refractivity contribution is 1.18. The van der Waals surface area contributed by atoms with Crippen LogP contribution in [-0.4, -0.2) is 9.13 Å². The summed E-state index contributed by atoms with van der Waals surface area (Å²) in [6.45, 7) is 0. The lowest BCUT2D eigenvalue weighted by atomic mass is 9.95. The first-order valence-corrected chi connectivity index (χ1v) is 19.3. The van der Waals surface area contributed by atoms with E-state index >= 15 is 0 Å². The number of hydrogen-bond donors (Lipinski definition) is 0. The number of para-hydroxylation sites is 2. The molecule has 0 bridgehead atoms. The van der Waals surface area contributed by atoms with Gasteiger partial charge in [-0.05, 0) is 111 Å². The van der Waals surface area contributed by atoms with Gasteiger partial charge in [-0.3, -0.25) is 0 Å². The highest BCUT2D eigenvalue weighted by molar-refractivity contribution is 6.17. The Morgan fingerprint density at radius 1 is 0.232 bits per heavy atom. The molecule has 11 rings (SSSR count). The van der Waals surface area contributed by atoms with E-state index in [0.717, 1.165) is 5.69 Å². The van der Waals surface area contributed by atoms with Crippen LogP contribution >= 0.6 is 0 Å². The summed E-state index contributed by atoms with van der Waals surface area (Å²) in [5.74, 6) is 0. The van der Waals surface area contributed by atoms with E-state index in [1.165, 1.54) is 93.8 Å². The van der Waals surface area contributed by atoms with Crippen molar-refractivity contribution >= 4 is 43.6 Å². The van der Waals surface area contributed by atoms with Crippen molar-refractivity contribution in [2.24, 2.45) is 0 Å². The summed E-state index contributed by atoms with van der Waals surface area (Å²) in [6, 6.07) is 79.4. The van der Waals surface area contributed by atoms with Crippen molar-refractivity contribution < 1.29 is 0 Å². The quantitative estimate of drug-likeness (QED) is 0.162. The number of aromatic nitrogens is 2. The molecule has 262 valence electrons. The Labute approximate surface area is 325 Å². The number of fused-ring (bicyclic) bond motifs is 6. The zero-order chi connectivity index (χ0) is 37.0. The zero-order valence-electron chi connectivity index (χ0n) is 30.7. The molecule has 2 aromatic heterocycles. The summed E-state index contributed by atoms with van der Waals surface area (Å²) < 4.78 is 4.81. The summed E-state index contributed by atoms with van der Waals surface area (Å²) >= 11 is 0. The Hall–Kier alpha value is -7.42. The fraction of sp³-hybridized carbons (Fsp3) is 0. The summed E-state index contributed by atoms with van der Waals surface area (Å²) in [7, 11) is 0. The van der Waals surface area contributed by atoms with Crippen molar-refractivity contribution in [3.05, 3.63) is 218 Å². The predicted octanol–water partition coefficient (Wildman–Crippen LogP) is 14.5. The Morgan fingerprint density at radius 2 is 0.679 bits per heavy atom. The highest BCUT2D eigenvalue weighted by Gasteiger charge is 2.19. The third-order valence-corrected chi connectivity index (χ3v) is 11.3. The van der Waals surface area contributed by atoms with Crippen molar-refractivity contribution in [3.63, 3.8) is 0 Å². The first-order valence-electron chi connectivity index (χ1n) is 19.3. The van der Waals surface area contributed by atoms with Gasteiger partial charge in [0.1, 0.15) is 0 Å². The molecule has 0 spiro atoms. The molecule has 0 aliphatic rings. The maximum atomic E-state index is 2.43. The average molecular weight is 713 g/mol. The topological polar surface area (TPSA) is 9.86 Å². The molecule has 0 radical (unpaired) electrons. The summed E-state index contributed by atoms with van der Waals surface area (Å²) in [4.78, 5) is 0. The highest BCUT2D eigenvalue weighted by Crippen LogP contribution is 2.42. The molecular weight excluding hydrogens is 677 g/mol. The smallest absolute Gasteiger partial charge is 0.0547 e. The van der Waals surface area contributed by atoms with E-state index in [-0.39, 0.29) is 0 Å². The van der Waals surface area contributed by atoms with Gasteiger partial charge in [-0.1, -0.05) is 152 Å². The predicted molar refractivity (Wildman–Crippen MR) is 237 cm³/mol. The molecule has 11 aromatic rings. The van der Waals surface area contributed by atoms with E-state index in [2.05, 4.69) is 228 Å². The molecule has 56 heavy (non-hydrogen) atoms. The van der Waals surface area contributed by atoms with E-state index in [0.29, 0.717) is 0 Å². The molecule has 0 N–H and O–H groups in total. The van der Waals surface area contributed by atoms with Crippen molar-refractivity contribution in [2.45, 2.75) is 0 Å². The first-order chi connectivity index (χ1) is 27.8. The molecule has 0 saturated carbocycles. The van der Waals surface area contributed by atoms with E-state index in [9.17, 15) is 0 Å². The average Bonchev–Trinajstić information content (AvgIpc) is 3.80. The van der Waals surface area contributed by atoms with Crippen LogP contribution < -0.4 is 0 Å². The Bertz CT molecular complexity index is 3210. The second-order valence-corrected chi connectivity index (χ2v) is 14.5. The molecule has 9 aromatic carbocycles. The molecule has 0 fully saturated rings. The molecular formula is C54H36N2. The van der Waals surface area contributed by atoms with Gasteiger partial charge in [-0.15, -0.1) is 0 Å². The number of nitrogens with zero attached hydrogens (tertiary/aromatic N) is 2. The van der Waals surface area contributed by atoms with E-state index < -0.39 is 0 Å². The number of benzene rings is 9. The van der Waals surface area contributed by atoms with Crippen LogP contribution in [0.4, 0.5) is 0 Å². The maximum absolute atomic E-state index is 2.43. The minimum Gasteiger partial charge on any atom is -0.309 e. The fourth-order valence-corrected chi connectivity index (χ4v) is 8.71. The van der Waals surface area contributed by atoms with Gasteiger partial charge in [0.2, 0.25) is 0 Å². The van der Waals surface area contributed by atoms with Crippen LogP contribution in [0.25, 0.3) is 99.5 Å². The van der Waals surface area contributed by atoms with Crippen molar-refractivity contribution in [2.75, 3.05) is 0 Å².